The molecular formula is C14H17BrClN3. The largest absolute Gasteiger partial charge is 0.313 e. The normalized spacial score (nSPS) is 10.9. The minimum absolute atomic E-state index is 0.708. The van der Waals surface area contributed by atoms with Gasteiger partial charge in [0.15, 0.2) is 0 Å². The Bertz CT molecular complexity index is 546. The smallest absolute Gasteiger partial charge is 0.0815 e. The first-order valence-electron chi connectivity index (χ1n) is 6.27. The molecule has 1 heterocycles. The van der Waals surface area contributed by atoms with Crippen LogP contribution in [0, 0.1) is 6.92 Å². The Morgan fingerprint density at radius 3 is 2.79 bits per heavy atom. The highest BCUT2D eigenvalue weighted by Crippen LogP contribution is 2.21. The lowest BCUT2D eigenvalue weighted by molar-refractivity contribution is 0.676. The summed E-state index contributed by atoms with van der Waals surface area (Å²) in [7, 11) is 0. The van der Waals surface area contributed by atoms with E-state index in [9.17, 15) is 0 Å². The van der Waals surface area contributed by atoms with Crippen LogP contribution in [0.3, 0.4) is 0 Å². The molecule has 0 saturated heterocycles. The van der Waals surface area contributed by atoms with Gasteiger partial charge in [-0.25, -0.2) is 0 Å². The fourth-order valence-corrected chi connectivity index (χ4v) is 2.55. The van der Waals surface area contributed by atoms with Crippen LogP contribution < -0.4 is 5.32 Å². The number of halogens is 2. The van der Waals surface area contributed by atoms with E-state index in [0.717, 1.165) is 29.8 Å². The quantitative estimate of drug-likeness (QED) is 0.896. The Labute approximate surface area is 127 Å². The van der Waals surface area contributed by atoms with Crippen LogP contribution in [0.15, 0.2) is 28.9 Å². The number of rotatable bonds is 5. The average Bonchev–Trinajstić information content (AvgIpc) is 2.69. The fraction of sp³-hybridized carbons (Fsp3) is 0.357. The molecule has 0 atom stereocenters. The topological polar surface area (TPSA) is 29.9 Å². The SMILES string of the molecule is CCNCc1ccc(Cn2cc(Cl)c(C)n2)c(Br)c1. The van der Waals surface area contributed by atoms with Crippen molar-refractivity contribution in [1.82, 2.24) is 15.1 Å². The molecule has 0 bridgehead atoms. The zero-order valence-corrected chi connectivity index (χ0v) is 13.4. The van der Waals surface area contributed by atoms with Gasteiger partial charge in [0, 0.05) is 17.2 Å². The summed E-state index contributed by atoms with van der Waals surface area (Å²) in [4.78, 5) is 0. The summed E-state index contributed by atoms with van der Waals surface area (Å²) in [5, 5.41) is 8.39. The molecule has 0 spiro atoms. The van der Waals surface area contributed by atoms with Crippen LogP contribution in [0.25, 0.3) is 0 Å². The Kier molecular flexibility index (Phi) is 5.02. The van der Waals surface area contributed by atoms with Gasteiger partial charge in [0.25, 0.3) is 0 Å². The molecule has 0 aliphatic rings. The first-order valence-corrected chi connectivity index (χ1v) is 7.44. The van der Waals surface area contributed by atoms with E-state index >= 15 is 0 Å². The molecular weight excluding hydrogens is 326 g/mol. The van der Waals surface area contributed by atoms with Crippen LogP contribution in [0.5, 0.6) is 0 Å². The van der Waals surface area contributed by atoms with E-state index in [4.69, 9.17) is 11.6 Å². The second kappa shape index (κ2) is 6.55. The molecule has 1 aromatic carbocycles. The number of aromatic nitrogens is 2. The van der Waals surface area contributed by atoms with E-state index in [2.05, 4.69) is 51.5 Å². The third-order valence-corrected chi connectivity index (χ3v) is 4.02. The molecule has 0 saturated carbocycles. The first kappa shape index (κ1) is 14.6. The van der Waals surface area contributed by atoms with Crippen molar-refractivity contribution in [3.05, 3.63) is 50.7 Å². The van der Waals surface area contributed by atoms with Gasteiger partial charge < -0.3 is 5.32 Å². The van der Waals surface area contributed by atoms with Crippen molar-refractivity contribution in [2.24, 2.45) is 0 Å². The second-order valence-corrected chi connectivity index (χ2v) is 5.73. The molecule has 5 heteroatoms. The van der Waals surface area contributed by atoms with E-state index in [1.165, 1.54) is 11.1 Å². The van der Waals surface area contributed by atoms with Crippen LogP contribution in [-0.4, -0.2) is 16.3 Å². The highest BCUT2D eigenvalue weighted by Gasteiger charge is 2.06. The van der Waals surface area contributed by atoms with Crippen molar-refractivity contribution in [2.45, 2.75) is 26.9 Å². The molecule has 102 valence electrons. The van der Waals surface area contributed by atoms with Crippen LogP contribution >= 0.6 is 27.5 Å². The average molecular weight is 343 g/mol. The summed E-state index contributed by atoms with van der Waals surface area (Å²) in [6.45, 7) is 6.60. The van der Waals surface area contributed by atoms with Gasteiger partial charge in [-0.1, -0.05) is 46.6 Å². The maximum atomic E-state index is 6.01. The molecule has 0 fully saturated rings. The molecule has 0 aliphatic heterocycles. The minimum atomic E-state index is 0.708. The zero-order valence-electron chi connectivity index (χ0n) is 11.1. The fourth-order valence-electron chi connectivity index (χ4n) is 1.85. The molecule has 0 unspecified atom stereocenters. The molecule has 19 heavy (non-hydrogen) atoms. The van der Waals surface area contributed by atoms with Crippen molar-refractivity contribution in [2.75, 3.05) is 6.54 Å². The summed E-state index contributed by atoms with van der Waals surface area (Å²) in [5.74, 6) is 0. The molecule has 3 nitrogen and oxygen atoms in total. The Morgan fingerprint density at radius 1 is 1.42 bits per heavy atom. The van der Waals surface area contributed by atoms with Gasteiger partial charge in [0.1, 0.15) is 0 Å². The molecule has 0 aliphatic carbocycles. The first-order chi connectivity index (χ1) is 9.10. The Balaban J connectivity index is 2.12. The number of benzene rings is 1. The van der Waals surface area contributed by atoms with Crippen molar-refractivity contribution in [1.29, 1.82) is 0 Å². The van der Waals surface area contributed by atoms with Crippen molar-refractivity contribution in [3.63, 3.8) is 0 Å². The molecule has 1 N–H and O–H groups in total. The molecule has 1 aromatic heterocycles. The predicted octanol–water partition coefficient (Wildman–Crippen LogP) is 3.77. The lowest BCUT2D eigenvalue weighted by Gasteiger charge is -2.08. The van der Waals surface area contributed by atoms with Gasteiger partial charge >= 0.3 is 0 Å². The number of nitrogens with one attached hydrogen (secondary N) is 1. The van der Waals surface area contributed by atoms with Crippen molar-refractivity contribution in [3.8, 4) is 0 Å². The predicted molar refractivity (Wildman–Crippen MR) is 82.6 cm³/mol. The maximum absolute atomic E-state index is 6.01. The summed E-state index contributed by atoms with van der Waals surface area (Å²) in [5.41, 5.74) is 3.33. The summed E-state index contributed by atoms with van der Waals surface area (Å²) < 4.78 is 2.97. The van der Waals surface area contributed by atoms with Gasteiger partial charge in [-0.05, 0) is 30.7 Å². The number of aryl methyl sites for hydroxylation is 1. The van der Waals surface area contributed by atoms with Gasteiger partial charge in [-0.15, -0.1) is 0 Å². The molecule has 2 rings (SSSR count). The van der Waals surface area contributed by atoms with E-state index < -0.39 is 0 Å². The third kappa shape index (κ3) is 3.81. The monoisotopic (exact) mass is 341 g/mol. The third-order valence-electron chi connectivity index (χ3n) is 2.92. The van der Waals surface area contributed by atoms with E-state index in [0.29, 0.717) is 5.02 Å². The minimum Gasteiger partial charge on any atom is -0.313 e. The standard InChI is InChI=1S/C14H17BrClN3/c1-3-17-7-11-4-5-12(13(15)6-11)8-19-9-14(16)10(2)18-19/h4-6,9,17H,3,7-8H2,1-2H3. The van der Waals surface area contributed by atoms with Crippen LogP contribution in [0.1, 0.15) is 23.7 Å². The number of nitrogens with zero attached hydrogens (tertiary/aromatic N) is 2. The lowest BCUT2D eigenvalue weighted by Crippen LogP contribution is -2.12. The Morgan fingerprint density at radius 2 is 2.21 bits per heavy atom. The Hall–Kier alpha value is -0.840. The lowest BCUT2D eigenvalue weighted by atomic mass is 10.1. The van der Waals surface area contributed by atoms with E-state index in [-0.39, 0.29) is 0 Å². The van der Waals surface area contributed by atoms with Gasteiger partial charge in [0.05, 0.1) is 17.3 Å². The zero-order chi connectivity index (χ0) is 13.8. The van der Waals surface area contributed by atoms with Crippen LogP contribution in [0.2, 0.25) is 5.02 Å². The van der Waals surface area contributed by atoms with Crippen LogP contribution in [-0.2, 0) is 13.1 Å². The maximum Gasteiger partial charge on any atom is 0.0815 e. The van der Waals surface area contributed by atoms with E-state index in [1.807, 2.05) is 17.8 Å². The highest BCUT2D eigenvalue weighted by molar-refractivity contribution is 9.10. The molecule has 0 amide bonds. The van der Waals surface area contributed by atoms with E-state index in [1.54, 1.807) is 0 Å². The van der Waals surface area contributed by atoms with Crippen LogP contribution in [0.4, 0.5) is 0 Å². The summed E-state index contributed by atoms with van der Waals surface area (Å²) in [6, 6.07) is 6.42. The number of hydrogen-bond donors (Lipinski definition) is 1. The molecule has 0 radical (unpaired) electrons. The molecule has 2 aromatic rings. The second-order valence-electron chi connectivity index (χ2n) is 4.47. The van der Waals surface area contributed by atoms with Gasteiger partial charge in [-0.3, -0.25) is 4.68 Å². The summed E-state index contributed by atoms with van der Waals surface area (Å²) >= 11 is 9.63. The summed E-state index contributed by atoms with van der Waals surface area (Å²) in [6.07, 6.45) is 1.86. The highest BCUT2D eigenvalue weighted by atomic mass is 79.9. The number of hydrogen-bond acceptors (Lipinski definition) is 2. The van der Waals surface area contributed by atoms with Gasteiger partial charge in [-0.2, -0.15) is 5.10 Å². The van der Waals surface area contributed by atoms with Gasteiger partial charge in [0.2, 0.25) is 0 Å². The van der Waals surface area contributed by atoms with Crippen molar-refractivity contribution < 1.29 is 0 Å². The van der Waals surface area contributed by atoms with Crippen molar-refractivity contribution >= 4 is 27.5 Å².